The molecule has 0 spiro atoms. The molecule has 88 valence electrons. The maximum absolute atomic E-state index is 5.72. The molecule has 0 radical (unpaired) electrons. The summed E-state index contributed by atoms with van der Waals surface area (Å²) in [5.74, 6) is 0. The maximum Gasteiger partial charge on any atom is 0.0700 e. The maximum atomic E-state index is 5.72. The number of rotatable bonds is 3. The van der Waals surface area contributed by atoms with Crippen molar-refractivity contribution in [3.63, 3.8) is 0 Å². The first-order chi connectivity index (χ1) is 7.24. The molecule has 0 bridgehead atoms. The standard InChI is InChI=1S/C12H23NO2/c1-9-6-11(7-10(2)15-9)13-8-12-4-3-5-14-12/h9-13H,3-8H2,1-2H3. The highest BCUT2D eigenvalue weighted by Crippen LogP contribution is 2.19. The Morgan fingerprint density at radius 3 is 2.53 bits per heavy atom. The summed E-state index contributed by atoms with van der Waals surface area (Å²) in [7, 11) is 0. The number of nitrogens with one attached hydrogen (secondary N) is 1. The SMILES string of the molecule is CC1CC(NCC2CCCO2)CC(C)O1. The Kier molecular flexibility index (Phi) is 4.00. The third kappa shape index (κ3) is 3.44. The highest BCUT2D eigenvalue weighted by molar-refractivity contribution is 4.80. The predicted molar refractivity (Wildman–Crippen MR) is 60.0 cm³/mol. The van der Waals surface area contributed by atoms with E-state index < -0.39 is 0 Å². The van der Waals surface area contributed by atoms with Crippen molar-refractivity contribution >= 4 is 0 Å². The van der Waals surface area contributed by atoms with Crippen LogP contribution < -0.4 is 5.32 Å². The van der Waals surface area contributed by atoms with E-state index in [1.54, 1.807) is 0 Å². The summed E-state index contributed by atoms with van der Waals surface area (Å²) in [5, 5.41) is 3.62. The Morgan fingerprint density at radius 2 is 1.93 bits per heavy atom. The van der Waals surface area contributed by atoms with Crippen LogP contribution in [0.25, 0.3) is 0 Å². The first-order valence-corrected chi connectivity index (χ1v) is 6.24. The van der Waals surface area contributed by atoms with E-state index in [4.69, 9.17) is 9.47 Å². The molecule has 3 heteroatoms. The lowest BCUT2D eigenvalue weighted by atomic mass is 9.99. The average Bonchev–Trinajstić information content (AvgIpc) is 2.65. The van der Waals surface area contributed by atoms with Crippen molar-refractivity contribution in [3.05, 3.63) is 0 Å². The van der Waals surface area contributed by atoms with Crippen LogP contribution in [0.1, 0.15) is 39.5 Å². The zero-order chi connectivity index (χ0) is 10.7. The average molecular weight is 213 g/mol. The quantitative estimate of drug-likeness (QED) is 0.774. The van der Waals surface area contributed by atoms with Crippen LogP contribution in [0.2, 0.25) is 0 Å². The van der Waals surface area contributed by atoms with Gasteiger partial charge in [-0.2, -0.15) is 0 Å². The molecule has 2 aliphatic rings. The Morgan fingerprint density at radius 1 is 1.20 bits per heavy atom. The minimum Gasteiger partial charge on any atom is -0.377 e. The second-order valence-corrected chi connectivity index (χ2v) is 4.97. The lowest BCUT2D eigenvalue weighted by Crippen LogP contribution is -2.43. The molecule has 2 saturated heterocycles. The van der Waals surface area contributed by atoms with Gasteiger partial charge in [-0.3, -0.25) is 0 Å². The van der Waals surface area contributed by atoms with Gasteiger partial charge in [0.1, 0.15) is 0 Å². The van der Waals surface area contributed by atoms with E-state index in [-0.39, 0.29) is 0 Å². The van der Waals surface area contributed by atoms with Crippen molar-refractivity contribution in [3.8, 4) is 0 Å². The summed E-state index contributed by atoms with van der Waals surface area (Å²) in [6.07, 6.45) is 5.98. The molecule has 2 rings (SSSR count). The Hall–Kier alpha value is -0.120. The van der Waals surface area contributed by atoms with Crippen molar-refractivity contribution < 1.29 is 9.47 Å². The molecule has 15 heavy (non-hydrogen) atoms. The molecule has 3 atom stereocenters. The number of hydrogen-bond donors (Lipinski definition) is 1. The van der Waals surface area contributed by atoms with E-state index in [0.717, 1.165) is 26.0 Å². The van der Waals surface area contributed by atoms with Gasteiger partial charge in [-0.25, -0.2) is 0 Å². The molecule has 0 aromatic heterocycles. The normalized spacial score (nSPS) is 42.0. The van der Waals surface area contributed by atoms with Crippen molar-refractivity contribution in [1.29, 1.82) is 0 Å². The van der Waals surface area contributed by atoms with Crippen molar-refractivity contribution in [2.45, 2.75) is 63.9 Å². The van der Waals surface area contributed by atoms with Gasteiger partial charge in [-0.1, -0.05) is 0 Å². The Balaban J connectivity index is 1.69. The largest absolute Gasteiger partial charge is 0.377 e. The van der Waals surface area contributed by atoms with Gasteiger partial charge in [0, 0.05) is 19.2 Å². The minimum atomic E-state index is 0.399. The topological polar surface area (TPSA) is 30.5 Å². The molecule has 0 aliphatic carbocycles. The molecule has 0 saturated carbocycles. The third-order valence-electron chi connectivity index (χ3n) is 3.36. The first kappa shape index (κ1) is 11.4. The lowest BCUT2D eigenvalue weighted by molar-refractivity contribution is -0.0436. The van der Waals surface area contributed by atoms with Gasteiger partial charge in [0.2, 0.25) is 0 Å². The molecule has 2 heterocycles. The summed E-state index contributed by atoms with van der Waals surface area (Å²) >= 11 is 0. The molecule has 3 unspecified atom stereocenters. The van der Waals surface area contributed by atoms with Crippen LogP contribution in [0.5, 0.6) is 0 Å². The zero-order valence-corrected chi connectivity index (χ0v) is 9.87. The molecule has 0 amide bonds. The molecule has 2 aliphatic heterocycles. The minimum absolute atomic E-state index is 0.399. The summed E-state index contributed by atoms with van der Waals surface area (Å²) in [6, 6.07) is 0.618. The summed E-state index contributed by atoms with van der Waals surface area (Å²) < 4.78 is 11.3. The van der Waals surface area contributed by atoms with E-state index in [1.165, 1.54) is 12.8 Å². The van der Waals surface area contributed by atoms with Crippen LogP contribution in [0.3, 0.4) is 0 Å². The van der Waals surface area contributed by atoms with Gasteiger partial charge in [-0.15, -0.1) is 0 Å². The summed E-state index contributed by atoms with van der Waals surface area (Å²) in [6.45, 7) is 6.30. The van der Waals surface area contributed by atoms with Gasteiger partial charge < -0.3 is 14.8 Å². The van der Waals surface area contributed by atoms with Crippen molar-refractivity contribution in [1.82, 2.24) is 5.32 Å². The fraction of sp³-hybridized carbons (Fsp3) is 1.00. The smallest absolute Gasteiger partial charge is 0.0700 e. The molecule has 2 fully saturated rings. The second-order valence-electron chi connectivity index (χ2n) is 4.97. The van der Waals surface area contributed by atoms with Gasteiger partial charge >= 0.3 is 0 Å². The summed E-state index contributed by atoms with van der Waals surface area (Å²) in [4.78, 5) is 0. The fourth-order valence-corrected chi connectivity index (χ4v) is 2.68. The fourth-order valence-electron chi connectivity index (χ4n) is 2.68. The van der Waals surface area contributed by atoms with Crippen LogP contribution in [0, 0.1) is 0 Å². The van der Waals surface area contributed by atoms with E-state index in [0.29, 0.717) is 24.4 Å². The van der Waals surface area contributed by atoms with Crippen LogP contribution in [0.4, 0.5) is 0 Å². The monoisotopic (exact) mass is 213 g/mol. The zero-order valence-electron chi connectivity index (χ0n) is 9.87. The first-order valence-electron chi connectivity index (χ1n) is 6.24. The highest BCUT2D eigenvalue weighted by Gasteiger charge is 2.25. The van der Waals surface area contributed by atoms with Crippen LogP contribution >= 0.6 is 0 Å². The molecule has 1 N–H and O–H groups in total. The van der Waals surface area contributed by atoms with Gasteiger partial charge in [0.15, 0.2) is 0 Å². The third-order valence-corrected chi connectivity index (χ3v) is 3.36. The van der Waals surface area contributed by atoms with Crippen LogP contribution in [-0.4, -0.2) is 37.5 Å². The van der Waals surface area contributed by atoms with Crippen molar-refractivity contribution in [2.24, 2.45) is 0 Å². The van der Waals surface area contributed by atoms with E-state index in [9.17, 15) is 0 Å². The lowest BCUT2D eigenvalue weighted by Gasteiger charge is -2.33. The second kappa shape index (κ2) is 5.28. The van der Waals surface area contributed by atoms with Crippen LogP contribution in [-0.2, 0) is 9.47 Å². The summed E-state index contributed by atoms with van der Waals surface area (Å²) in [5.41, 5.74) is 0. The highest BCUT2D eigenvalue weighted by atomic mass is 16.5. The molecular weight excluding hydrogens is 190 g/mol. The van der Waals surface area contributed by atoms with Gasteiger partial charge in [0.05, 0.1) is 18.3 Å². The van der Waals surface area contributed by atoms with Gasteiger partial charge in [-0.05, 0) is 39.5 Å². The molecule has 3 nitrogen and oxygen atoms in total. The molecular formula is C12H23NO2. The van der Waals surface area contributed by atoms with E-state index in [2.05, 4.69) is 19.2 Å². The molecule has 0 aromatic carbocycles. The van der Waals surface area contributed by atoms with E-state index in [1.807, 2.05) is 0 Å². The number of hydrogen-bond acceptors (Lipinski definition) is 3. The number of ether oxygens (including phenoxy) is 2. The Labute approximate surface area is 92.5 Å². The molecule has 0 aromatic rings. The van der Waals surface area contributed by atoms with E-state index >= 15 is 0 Å². The Bertz CT molecular complexity index is 182. The van der Waals surface area contributed by atoms with Crippen molar-refractivity contribution in [2.75, 3.05) is 13.2 Å². The predicted octanol–water partition coefficient (Wildman–Crippen LogP) is 1.71. The van der Waals surface area contributed by atoms with Crippen LogP contribution in [0.15, 0.2) is 0 Å². The van der Waals surface area contributed by atoms with Gasteiger partial charge in [0.25, 0.3) is 0 Å².